The molecule has 0 aromatic carbocycles. The monoisotopic (exact) mass is 215 g/mol. The number of carbonyl (C=O) groups is 2. The van der Waals surface area contributed by atoms with Gasteiger partial charge >= 0.3 is 0 Å². The number of rotatable bonds is 6. The summed E-state index contributed by atoms with van der Waals surface area (Å²) in [4.78, 5) is 24.2. The van der Waals surface area contributed by atoms with Crippen molar-refractivity contribution < 1.29 is 9.59 Å². The van der Waals surface area contributed by atoms with Crippen LogP contribution in [0.25, 0.3) is 0 Å². The fraction of sp³-hybridized carbons (Fsp3) is 0.800. The summed E-state index contributed by atoms with van der Waals surface area (Å²) >= 11 is 0. The van der Waals surface area contributed by atoms with Crippen molar-refractivity contribution in [2.75, 3.05) is 20.1 Å². The summed E-state index contributed by atoms with van der Waals surface area (Å²) in [6, 6.07) is 0.0210. The molecule has 1 atom stereocenters. The summed E-state index contributed by atoms with van der Waals surface area (Å²) in [6.45, 7) is 4.39. The molecule has 5 heteroatoms. The molecular weight excluding hydrogens is 194 g/mol. The van der Waals surface area contributed by atoms with Crippen LogP contribution in [-0.4, -0.2) is 42.9 Å². The van der Waals surface area contributed by atoms with Gasteiger partial charge < -0.3 is 16.0 Å². The molecule has 1 unspecified atom stereocenters. The standard InChI is InChI=1S/C10H21N3O2/c1-4-13(7-9(14)12-3)10(15)6-5-8(2)11/h8H,4-7,11H2,1-3H3,(H,12,14). The molecule has 0 aliphatic rings. The number of nitrogens with zero attached hydrogens (tertiary/aromatic N) is 1. The van der Waals surface area contributed by atoms with Crippen LogP contribution in [0.15, 0.2) is 0 Å². The molecule has 88 valence electrons. The fourth-order valence-electron chi connectivity index (χ4n) is 1.14. The second kappa shape index (κ2) is 7.23. The van der Waals surface area contributed by atoms with Gasteiger partial charge in [0.1, 0.15) is 0 Å². The first kappa shape index (κ1) is 13.9. The number of hydrogen-bond acceptors (Lipinski definition) is 3. The lowest BCUT2D eigenvalue weighted by Gasteiger charge is -2.20. The Balaban J connectivity index is 4.04. The van der Waals surface area contributed by atoms with Gasteiger partial charge in [-0.2, -0.15) is 0 Å². The molecule has 0 saturated carbocycles. The van der Waals surface area contributed by atoms with Crippen molar-refractivity contribution >= 4 is 11.8 Å². The maximum Gasteiger partial charge on any atom is 0.239 e. The Hall–Kier alpha value is -1.10. The predicted octanol–water partition coefficient (Wildman–Crippen LogP) is -0.292. The smallest absolute Gasteiger partial charge is 0.239 e. The lowest BCUT2D eigenvalue weighted by molar-refractivity contribution is -0.135. The van der Waals surface area contributed by atoms with Crippen molar-refractivity contribution in [1.29, 1.82) is 0 Å². The summed E-state index contributed by atoms with van der Waals surface area (Å²) < 4.78 is 0. The summed E-state index contributed by atoms with van der Waals surface area (Å²) in [6.07, 6.45) is 1.06. The minimum Gasteiger partial charge on any atom is -0.358 e. The van der Waals surface area contributed by atoms with Crippen molar-refractivity contribution in [1.82, 2.24) is 10.2 Å². The van der Waals surface area contributed by atoms with E-state index >= 15 is 0 Å². The Kier molecular flexibility index (Phi) is 6.70. The van der Waals surface area contributed by atoms with Crippen LogP contribution in [0.4, 0.5) is 0 Å². The lowest BCUT2D eigenvalue weighted by atomic mass is 10.2. The Labute approximate surface area is 91.0 Å². The predicted molar refractivity (Wildman–Crippen MR) is 59.2 cm³/mol. The molecule has 15 heavy (non-hydrogen) atoms. The van der Waals surface area contributed by atoms with Crippen LogP contribution < -0.4 is 11.1 Å². The van der Waals surface area contributed by atoms with Gasteiger partial charge in [-0.25, -0.2) is 0 Å². The van der Waals surface area contributed by atoms with E-state index in [2.05, 4.69) is 5.32 Å². The third-order valence-corrected chi connectivity index (χ3v) is 2.16. The number of carbonyl (C=O) groups excluding carboxylic acids is 2. The van der Waals surface area contributed by atoms with E-state index in [1.54, 1.807) is 7.05 Å². The van der Waals surface area contributed by atoms with Gasteiger partial charge in [-0.15, -0.1) is 0 Å². The van der Waals surface area contributed by atoms with Crippen LogP contribution in [0, 0.1) is 0 Å². The Morgan fingerprint density at radius 2 is 2.07 bits per heavy atom. The van der Waals surface area contributed by atoms with Crippen molar-refractivity contribution in [2.45, 2.75) is 32.7 Å². The summed E-state index contributed by atoms with van der Waals surface area (Å²) in [5.41, 5.74) is 5.56. The number of likely N-dealkylation sites (N-methyl/N-ethyl adjacent to an activating group) is 2. The average Bonchev–Trinajstić information content (AvgIpc) is 2.21. The topological polar surface area (TPSA) is 75.4 Å². The van der Waals surface area contributed by atoms with Gasteiger partial charge in [-0.1, -0.05) is 0 Å². The summed E-state index contributed by atoms with van der Waals surface area (Å²) in [5.74, 6) is -0.163. The molecule has 0 radical (unpaired) electrons. The van der Waals surface area contributed by atoms with Crippen molar-refractivity contribution in [3.8, 4) is 0 Å². The Morgan fingerprint density at radius 3 is 2.47 bits per heavy atom. The molecule has 0 fully saturated rings. The van der Waals surface area contributed by atoms with Gasteiger partial charge in [0.2, 0.25) is 11.8 Å². The van der Waals surface area contributed by atoms with Crippen LogP contribution in [0.2, 0.25) is 0 Å². The van der Waals surface area contributed by atoms with E-state index in [1.807, 2.05) is 13.8 Å². The quantitative estimate of drug-likeness (QED) is 0.639. The number of amides is 2. The van der Waals surface area contributed by atoms with E-state index in [4.69, 9.17) is 5.73 Å². The highest BCUT2D eigenvalue weighted by atomic mass is 16.2. The zero-order chi connectivity index (χ0) is 11.8. The third-order valence-electron chi connectivity index (χ3n) is 2.16. The molecule has 0 aromatic rings. The highest BCUT2D eigenvalue weighted by Crippen LogP contribution is 1.99. The van der Waals surface area contributed by atoms with Gasteiger partial charge in [-0.3, -0.25) is 9.59 Å². The summed E-state index contributed by atoms with van der Waals surface area (Å²) in [5, 5.41) is 2.49. The molecule has 0 heterocycles. The zero-order valence-electron chi connectivity index (χ0n) is 9.75. The first-order valence-corrected chi connectivity index (χ1v) is 5.25. The maximum absolute atomic E-state index is 11.6. The second-order valence-electron chi connectivity index (χ2n) is 3.60. The molecule has 3 N–H and O–H groups in total. The maximum atomic E-state index is 11.6. The second-order valence-corrected chi connectivity index (χ2v) is 3.60. The van der Waals surface area contributed by atoms with Crippen LogP contribution in [0.5, 0.6) is 0 Å². The number of nitrogens with two attached hydrogens (primary N) is 1. The first-order valence-electron chi connectivity index (χ1n) is 5.25. The lowest BCUT2D eigenvalue weighted by Crippen LogP contribution is -2.39. The van der Waals surface area contributed by atoms with Gasteiger partial charge in [0.05, 0.1) is 6.54 Å². The molecule has 0 saturated heterocycles. The minimum absolute atomic E-state index is 0.0154. The Bertz CT molecular complexity index is 217. The normalized spacial score (nSPS) is 12.0. The number of nitrogens with one attached hydrogen (secondary N) is 1. The van der Waals surface area contributed by atoms with Crippen molar-refractivity contribution in [3.63, 3.8) is 0 Å². The van der Waals surface area contributed by atoms with Gasteiger partial charge in [0.15, 0.2) is 0 Å². The Morgan fingerprint density at radius 1 is 1.47 bits per heavy atom. The first-order chi connectivity index (χ1) is 7.01. The molecule has 0 bridgehead atoms. The molecule has 2 amide bonds. The van der Waals surface area contributed by atoms with E-state index < -0.39 is 0 Å². The van der Waals surface area contributed by atoms with Gasteiger partial charge in [0.25, 0.3) is 0 Å². The van der Waals surface area contributed by atoms with Crippen molar-refractivity contribution in [2.24, 2.45) is 5.73 Å². The highest BCUT2D eigenvalue weighted by molar-refractivity contribution is 5.84. The highest BCUT2D eigenvalue weighted by Gasteiger charge is 2.14. The van der Waals surface area contributed by atoms with Crippen LogP contribution >= 0.6 is 0 Å². The van der Waals surface area contributed by atoms with E-state index in [-0.39, 0.29) is 24.4 Å². The SMILES string of the molecule is CCN(CC(=O)NC)C(=O)CCC(C)N. The largest absolute Gasteiger partial charge is 0.358 e. The van der Waals surface area contributed by atoms with Crippen LogP contribution in [0.3, 0.4) is 0 Å². The van der Waals surface area contributed by atoms with Gasteiger partial charge in [0, 0.05) is 26.1 Å². The molecule has 0 aromatic heterocycles. The molecule has 5 nitrogen and oxygen atoms in total. The van der Waals surface area contributed by atoms with Crippen LogP contribution in [-0.2, 0) is 9.59 Å². The van der Waals surface area contributed by atoms with E-state index in [0.29, 0.717) is 19.4 Å². The minimum atomic E-state index is -0.147. The molecule has 0 spiro atoms. The van der Waals surface area contributed by atoms with E-state index in [1.165, 1.54) is 4.90 Å². The van der Waals surface area contributed by atoms with Crippen LogP contribution in [0.1, 0.15) is 26.7 Å². The molecule has 0 aliphatic carbocycles. The van der Waals surface area contributed by atoms with Gasteiger partial charge in [-0.05, 0) is 20.3 Å². The molecular formula is C10H21N3O2. The molecule has 0 aliphatic heterocycles. The third kappa shape index (κ3) is 6.06. The average molecular weight is 215 g/mol. The summed E-state index contributed by atoms with van der Waals surface area (Å²) in [7, 11) is 1.56. The van der Waals surface area contributed by atoms with E-state index in [0.717, 1.165) is 0 Å². The molecule has 0 rings (SSSR count). The fourth-order valence-corrected chi connectivity index (χ4v) is 1.14. The van der Waals surface area contributed by atoms with Crippen molar-refractivity contribution in [3.05, 3.63) is 0 Å². The zero-order valence-corrected chi connectivity index (χ0v) is 9.75. The van der Waals surface area contributed by atoms with E-state index in [9.17, 15) is 9.59 Å². The number of hydrogen-bond donors (Lipinski definition) is 2.